The molecular weight excluding hydrogens is 523 g/mol. The molecule has 2 aromatic heterocycles. The van der Waals surface area contributed by atoms with E-state index in [9.17, 15) is 4.79 Å². The molecule has 204 valence electrons. The van der Waals surface area contributed by atoms with Crippen molar-refractivity contribution < 1.29 is 9.53 Å². The van der Waals surface area contributed by atoms with Gasteiger partial charge in [-0.15, -0.1) is 0 Å². The van der Waals surface area contributed by atoms with Crippen LogP contribution in [0.1, 0.15) is 65.2 Å². The lowest BCUT2D eigenvalue weighted by molar-refractivity contribution is 0.187. The minimum Gasteiger partial charge on any atom is -0.453 e. The smallest absolute Gasteiger partial charge is 0.412 e. The first-order chi connectivity index (χ1) is 17.7. The lowest BCUT2D eigenvalue weighted by Crippen LogP contribution is -2.16. The number of methoxy groups -OCH3 is 1. The molecule has 4 aromatic rings. The molecule has 0 spiro atoms. The number of aromatic nitrogens is 4. The number of fused-ring (bicyclic) bond motifs is 2. The van der Waals surface area contributed by atoms with Crippen LogP contribution in [0.15, 0.2) is 18.2 Å². The Morgan fingerprint density at radius 1 is 0.974 bits per heavy atom. The van der Waals surface area contributed by atoms with Gasteiger partial charge in [-0.2, -0.15) is 10.2 Å². The van der Waals surface area contributed by atoms with Crippen LogP contribution in [0.4, 0.5) is 16.4 Å². The molecule has 2 heterocycles. The van der Waals surface area contributed by atoms with Crippen LogP contribution in [0.3, 0.4) is 0 Å². The molecule has 2 N–H and O–H groups in total. The number of rotatable bonds is 5. The van der Waals surface area contributed by atoms with Gasteiger partial charge in [0.2, 0.25) is 0 Å². The van der Waals surface area contributed by atoms with Crippen molar-refractivity contribution in [3.8, 4) is 0 Å². The molecule has 4 rings (SSSR count). The highest BCUT2D eigenvalue weighted by Gasteiger charge is 2.28. The van der Waals surface area contributed by atoms with Gasteiger partial charge in [-0.1, -0.05) is 70.8 Å². The van der Waals surface area contributed by atoms with Crippen LogP contribution >= 0.6 is 23.2 Å². The molecular formula is C28H36Cl2N6O2. The Hall–Kier alpha value is -2.97. The number of hydrogen-bond donors (Lipinski definition) is 2. The number of hydrogen-bond acceptors (Lipinski definition) is 5. The molecule has 8 nitrogen and oxygen atoms in total. The Morgan fingerprint density at radius 2 is 1.63 bits per heavy atom. The summed E-state index contributed by atoms with van der Waals surface area (Å²) >= 11 is 13.8. The Balaban J connectivity index is 2.03. The van der Waals surface area contributed by atoms with Crippen molar-refractivity contribution in [2.75, 3.05) is 24.3 Å². The predicted molar refractivity (Wildman–Crippen MR) is 157 cm³/mol. The molecule has 0 aliphatic rings. The van der Waals surface area contributed by atoms with Crippen molar-refractivity contribution in [3.05, 3.63) is 44.9 Å². The minimum atomic E-state index is -0.610. The third-order valence-electron chi connectivity index (χ3n) is 6.65. The van der Waals surface area contributed by atoms with E-state index in [-0.39, 0.29) is 10.8 Å². The van der Waals surface area contributed by atoms with E-state index in [2.05, 4.69) is 69.4 Å². The van der Waals surface area contributed by atoms with Gasteiger partial charge in [0.1, 0.15) is 0 Å². The first-order valence-electron chi connectivity index (χ1n) is 12.7. The predicted octanol–water partition coefficient (Wildman–Crippen LogP) is 7.48. The second-order valence-corrected chi connectivity index (χ2v) is 12.3. The van der Waals surface area contributed by atoms with E-state index in [0.29, 0.717) is 34.3 Å². The number of carbonyl (C=O) groups is 1. The summed E-state index contributed by atoms with van der Waals surface area (Å²) in [7, 11) is 3.16. The molecule has 0 radical (unpaired) electrons. The van der Waals surface area contributed by atoms with Gasteiger partial charge in [0.15, 0.2) is 11.6 Å². The van der Waals surface area contributed by atoms with E-state index < -0.39 is 6.09 Å². The maximum absolute atomic E-state index is 12.1. The summed E-state index contributed by atoms with van der Waals surface area (Å²) in [5.41, 5.74) is 4.50. The third kappa shape index (κ3) is 4.92. The molecule has 0 unspecified atom stereocenters. The normalized spacial score (nSPS) is 12.4. The maximum Gasteiger partial charge on any atom is 0.412 e. The van der Waals surface area contributed by atoms with E-state index in [0.717, 1.165) is 38.9 Å². The van der Waals surface area contributed by atoms with Gasteiger partial charge in [0.25, 0.3) is 0 Å². The molecule has 0 aliphatic carbocycles. The molecule has 1 amide bonds. The zero-order chi connectivity index (χ0) is 28.2. The number of halogens is 2. The number of anilines is 2. The van der Waals surface area contributed by atoms with Gasteiger partial charge in [0.05, 0.1) is 45.5 Å². The van der Waals surface area contributed by atoms with Gasteiger partial charge < -0.3 is 10.1 Å². The summed E-state index contributed by atoms with van der Waals surface area (Å²) in [5.74, 6) is 1.09. The molecule has 0 bridgehead atoms. The van der Waals surface area contributed by atoms with Gasteiger partial charge in [-0.25, -0.2) is 4.79 Å². The number of carbonyl (C=O) groups excluding carboxylic acids is 1. The molecule has 38 heavy (non-hydrogen) atoms. The highest BCUT2D eigenvalue weighted by Crippen LogP contribution is 2.42. The molecule has 10 heteroatoms. The van der Waals surface area contributed by atoms with Crippen LogP contribution in [-0.2, 0) is 29.2 Å². The second-order valence-electron chi connectivity index (χ2n) is 11.6. The monoisotopic (exact) mass is 558 g/mol. The van der Waals surface area contributed by atoms with Crippen molar-refractivity contribution in [3.63, 3.8) is 0 Å². The SMILES string of the molecule is CCNc1nn(Cc2cc(C(C)(C)C)c3c(c(NC(=O)OC)nn3C)c2Cl)c2c(C(C)(C)C)ccc(Cl)c12. The first kappa shape index (κ1) is 28.0. The molecule has 0 aliphatic heterocycles. The standard InChI is InChI=1S/C28H36Cl2N6O2/c1-10-31-24-19-18(29)12-11-16(27(2,3)4)23(19)36(34-24)14-15-13-17(28(5,6)7)22-20(21(15)30)25(33-35(22)8)32-26(37)38-9/h11-13H,10,14H2,1-9H3,(H,31,34)(H,32,33,37). The minimum absolute atomic E-state index is 0.143. The summed E-state index contributed by atoms with van der Waals surface area (Å²) in [4.78, 5) is 12.1. The molecule has 0 saturated heterocycles. The van der Waals surface area contributed by atoms with Crippen molar-refractivity contribution >= 4 is 62.7 Å². The number of nitrogens with one attached hydrogen (secondary N) is 2. The molecule has 2 aromatic carbocycles. The van der Waals surface area contributed by atoms with E-state index in [1.807, 2.05) is 24.7 Å². The Kier molecular flexibility index (Phi) is 7.36. The van der Waals surface area contributed by atoms with Crippen LogP contribution in [0.5, 0.6) is 0 Å². The average molecular weight is 560 g/mol. The van der Waals surface area contributed by atoms with E-state index in [4.69, 9.17) is 33.0 Å². The van der Waals surface area contributed by atoms with Crippen LogP contribution in [-0.4, -0.2) is 39.3 Å². The van der Waals surface area contributed by atoms with Crippen molar-refractivity contribution in [2.45, 2.75) is 65.8 Å². The van der Waals surface area contributed by atoms with Crippen molar-refractivity contribution in [2.24, 2.45) is 7.05 Å². The summed E-state index contributed by atoms with van der Waals surface area (Å²) in [6, 6.07) is 6.13. The average Bonchev–Trinajstić information content (AvgIpc) is 3.32. The van der Waals surface area contributed by atoms with E-state index in [1.165, 1.54) is 7.11 Å². The first-order valence-corrected chi connectivity index (χ1v) is 13.4. The Morgan fingerprint density at radius 3 is 2.21 bits per heavy atom. The molecule has 0 fully saturated rings. The lowest BCUT2D eigenvalue weighted by atomic mass is 9.84. The van der Waals surface area contributed by atoms with Crippen LogP contribution in [0.25, 0.3) is 21.8 Å². The zero-order valence-corrected chi connectivity index (χ0v) is 25.0. The summed E-state index contributed by atoms with van der Waals surface area (Å²) in [6.07, 6.45) is -0.610. The number of benzene rings is 2. The van der Waals surface area contributed by atoms with Crippen LogP contribution in [0, 0.1) is 0 Å². The fourth-order valence-corrected chi connectivity index (χ4v) is 5.42. The van der Waals surface area contributed by atoms with Crippen LogP contribution in [0.2, 0.25) is 10.0 Å². The summed E-state index contributed by atoms with van der Waals surface area (Å²) in [6.45, 7) is 16.1. The number of amides is 1. The van der Waals surface area contributed by atoms with Gasteiger partial charge in [0, 0.05) is 13.6 Å². The quantitative estimate of drug-likeness (QED) is 0.265. The molecule has 0 atom stereocenters. The highest BCUT2D eigenvalue weighted by atomic mass is 35.5. The van der Waals surface area contributed by atoms with Crippen molar-refractivity contribution in [1.29, 1.82) is 0 Å². The van der Waals surface area contributed by atoms with Crippen LogP contribution < -0.4 is 10.6 Å². The van der Waals surface area contributed by atoms with Gasteiger partial charge >= 0.3 is 6.09 Å². The molecule has 0 saturated carbocycles. The summed E-state index contributed by atoms with van der Waals surface area (Å²) in [5, 5.41) is 18.3. The third-order valence-corrected chi connectivity index (χ3v) is 7.40. The number of aryl methyl sites for hydroxylation is 1. The summed E-state index contributed by atoms with van der Waals surface area (Å²) < 4.78 is 8.56. The largest absolute Gasteiger partial charge is 0.453 e. The van der Waals surface area contributed by atoms with Gasteiger partial charge in [-0.3, -0.25) is 14.7 Å². The second kappa shape index (κ2) is 9.97. The Labute approximate surface area is 233 Å². The fraction of sp³-hybridized carbons (Fsp3) is 0.464. The lowest BCUT2D eigenvalue weighted by Gasteiger charge is -2.24. The van der Waals surface area contributed by atoms with Gasteiger partial charge in [-0.05, 0) is 46.6 Å². The fourth-order valence-electron chi connectivity index (χ4n) is 4.88. The van der Waals surface area contributed by atoms with E-state index >= 15 is 0 Å². The number of ether oxygens (including phenoxy) is 1. The van der Waals surface area contributed by atoms with Crippen molar-refractivity contribution in [1.82, 2.24) is 19.6 Å². The zero-order valence-electron chi connectivity index (χ0n) is 23.5. The topological polar surface area (TPSA) is 86.0 Å². The highest BCUT2D eigenvalue weighted by molar-refractivity contribution is 6.38. The Bertz CT molecular complexity index is 1540. The number of nitrogens with zero attached hydrogens (tertiary/aromatic N) is 4. The van der Waals surface area contributed by atoms with E-state index in [1.54, 1.807) is 4.68 Å². The maximum atomic E-state index is 12.1.